The van der Waals surface area contributed by atoms with Gasteiger partial charge in [0, 0.05) is 0 Å². The van der Waals surface area contributed by atoms with E-state index in [1.807, 2.05) is 13.8 Å². The Labute approximate surface area is 119 Å². The number of aliphatic hydroxyl groups excluding tert-OH is 1. The second kappa shape index (κ2) is 6.35. The number of nitrogens with one attached hydrogen (secondary N) is 1. The minimum absolute atomic E-state index is 0.0526. The molecule has 0 fully saturated rings. The number of fused-ring (bicyclic) bond motifs is 1. The van der Waals surface area contributed by atoms with Gasteiger partial charge in [-0.1, -0.05) is 19.9 Å². The summed E-state index contributed by atoms with van der Waals surface area (Å²) in [5, 5.41) is 12.7. The molecule has 0 saturated carbocycles. The van der Waals surface area contributed by atoms with Crippen molar-refractivity contribution in [2.45, 2.75) is 51.7 Å². The maximum Gasteiger partial charge on any atom is 0.223 e. The molecule has 2 atom stereocenters. The molecule has 4 heteroatoms. The number of aryl methyl sites for hydroxylation is 1. The summed E-state index contributed by atoms with van der Waals surface area (Å²) in [6, 6.07) is 4.64. The van der Waals surface area contributed by atoms with Gasteiger partial charge in [-0.2, -0.15) is 0 Å². The zero-order valence-electron chi connectivity index (χ0n) is 12.0. The van der Waals surface area contributed by atoms with E-state index in [0.29, 0.717) is 0 Å². The maximum absolute atomic E-state index is 13.4. The first-order chi connectivity index (χ1) is 9.47. The number of aliphatic hydroxyl groups is 1. The highest BCUT2D eigenvalue weighted by Gasteiger charge is 2.23. The normalized spacial score (nSPS) is 19.6. The van der Waals surface area contributed by atoms with Crippen molar-refractivity contribution in [3.05, 3.63) is 35.1 Å². The Hall–Kier alpha value is -1.42. The van der Waals surface area contributed by atoms with E-state index in [1.54, 1.807) is 6.07 Å². The number of halogens is 1. The summed E-state index contributed by atoms with van der Waals surface area (Å²) in [6.07, 6.45) is 2.19. The van der Waals surface area contributed by atoms with Crippen molar-refractivity contribution in [2.75, 3.05) is 0 Å². The molecule has 1 aliphatic carbocycles. The van der Waals surface area contributed by atoms with Crippen LogP contribution in [0.4, 0.5) is 4.39 Å². The molecule has 0 radical (unpaired) electrons. The molecule has 2 rings (SSSR count). The minimum atomic E-state index is -0.634. The van der Waals surface area contributed by atoms with Crippen LogP contribution in [0.5, 0.6) is 0 Å². The van der Waals surface area contributed by atoms with Gasteiger partial charge in [-0.05, 0) is 48.4 Å². The van der Waals surface area contributed by atoms with Crippen molar-refractivity contribution < 1.29 is 14.3 Å². The molecule has 110 valence electrons. The Kier molecular flexibility index (Phi) is 4.76. The van der Waals surface area contributed by atoms with Crippen LogP contribution in [0.2, 0.25) is 0 Å². The standard InChI is InChI=1S/C16H22FNO2/c1-10(2)15(19)9-16(20)18-14-5-3-4-11-6-7-12(17)8-13(11)14/h6-8,10,14-15,19H,3-5,9H2,1-2H3,(H,18,20)/t14-,15-/m0/s1. The average Bonchev–Trinajstić information content (AvgIpc) is 2.39. The van der Waals surface area contributed by atoms with Gasteiger partial charge in [0.1, 0.15) is 5.82 Å². The summed E-state index contributed by atoms with van der Waals surface area (Å²) in [5.41, 5.74) is 1.98. The lowest BCUT2D eigenvalue weighted by atomic mass is 9.87. The molecule has 1 aromatic carbocycles. The van der Waals surface area contributed by atoms with Crippen molar-refractivity contribution in [3.63, 3.8) is 0 Å². The molecule has 0 aromatic heterocycles. The maximum atomic E-state index is 13.4. The van der Waals surface area contributed by atoms with Crippen LogP contribution in [0.3, 0.4) is 0 Å². The third kappa shape index (κ3) is 3.57. The van der Waals surface area contributed by atoms with E-state index < -0.39 is 6.10 Å². The van der Waals surface area contributed by atoms with E-state index in [4.69, 9.17) is 0 Å². The van der Waals surface area contributed by atoms with Crippen molar-refractivity contribution in [2.24, 2.45) is 5.92 Å². The lowest BCUT2D eigenvalue weighted by Crippen LogP contribution is -2.34. The van der Waals surface area contributed by atoms with E-state index in [2.05, 4.69) is 5.32 Å². The van der Waals surface area contributed by atoms with Gasteiger partial charge >= 0.3 is 0 Å². The highest BCUT2D eigenvalue weighted by molar-refractivity contribution is 5.77. The summed E-state index contributed by atoms with van der Waals surface area (Å²) in [7, 11) is 0. The van der Waals surface area contributed by atoms with Crippen LogP contribution in [0.15, 0.2) is 18.2 Å². The monoisotopic (exact) mass is 279 g/mol. The highest BCUT2D eigenvalue weighted by Crippen LogP contribution is 2.30. The Morgan fingerprint density at radius 1 is 1.50 bits per heavy atom. The van der Waals surface area contributed by atoms with Crippen LogP contribution < -0.4 is 5.32 Å². The van der Waals surface area contributed by atoms with Gasteiger partial charge in [0.15, 0.2) is 0 Å². The molecule has 0 saturated heterocycles. The van der Waals surface area contributed by atoms with E-state index in [0.717, 1.165) is 30.4 Å². The fourth-order valence-electron chi connectivity index (χ4n) is 2.60. The van der Waals surface area contributed by atoms with Gasteiger partial charge in [-0.15, -0.1) is 0 Å². The Bertz CT molecular complexity index is 487. The van der Waals surface area contributed by atoms with Crippen molar-refractivity contribution in [1.29, 1.82) is 0 Å². The lowest BCUT2D eigenvalue weighted by Gasteiger charge is -2.27. The smallest absolute Gasteiger partial charge is 0.223 e. The van der Waals surface area contributed by atoms with E-state index in [1.165, 1.54) is 12.1 Å². The number of carbonyl (C=O) groups is 1. The number of hydrogen-bond acceptors (Lipinski definition) is 2. The Balaban J connectivity index is 2.04. The van der Waals surface area contributed by atoms with Crippen LogP contribution in [0.25, 0.3) is 0 Å². The van der Waals surface area contributed by atoms with Crippen LogP contribution in [0, 0.1) is 11.7 Å². The number of rotatable bonds is 4. The van der Waals surface area contributed by atoms with Gasteiger partial charge in [0.25, 0.3) is 0 Å². The topological polar surface area (TPSA) is 49.3 Å². The van der Waals surface area contributed by atoms with Crippen molar-refractivity contribution in [1.82, 2.24) is 5.32 Å². The first kappa shape index (κ1) is 15.0. The molecule has 0 spiro atoms. The SMILES string of the molecule is CC(C)[C@@H](O)CC(=O)N[C@H]1CCCc2ccc(F)cc21. The first-order valence-corrected chi connectivity index (χ1v) is 7.23. The Morgan fingerprint density at radius 2 is 2.25 bits per heavy atom. The lowest BCUT2D eigenvalue weighted by molar-refractivity contribution is -0.124. The minimum Gasteiger partial charge on any atom is -0.392 e. The van der Waals surface area contributed by atoms with Gasteiger partial charge in [-0.25, -0.2) is 4.39 Å². The third-order valence-corrected chi connectivity index (χ3v) is 3.92. The van der Waals surface area contributed by atoms with Crippen molar-refractivity contribution in [3.8, 4) is 0 Å². The summed E-state index contributed by atoms with van der Waals surface area (Å²) >= 11 is 0. The zero-order chi connectivity index (χ0) is 14.7. The third-order valence-electron chi connectivity index (χ3n) is 3.92. The van der Waals surface area contributed by atoms with Gasteiger partial charge in [-0.3, -0.25) is 4.79 Å². The second-order valence-corrected chi connectivity index (χ2v) is 5.87. The quantitative estimate of drug-likeness (QED) is 0.890. The molecular formula is C16H22FNO2. The number of carbonyl (C=O) groups excluding carboxylic acids is 1. The Morgan fingerprint density at radius 3 is 2.95 bits per heavy atom. The molecule has 0 aliphatic heterocycles. The number of hydrogen-bond donors (Lipinski definition) is 2. The van der Waals surface area contributed by atoms with E-state index >= 15 is 0 Å². The summed E-state index contributed by atoms with van der Waals surface area (Å²) in [5.74, 6) is -0.391. The molecule has 3 nitrogen and oxygen atoms in total. The molecule has 1 aliphatic rings. The van der Waals surface area contributed by atoms with Crippen molar-refractivity contribution >= 4 is 5.91 Å². The first-order valence-electron chi connectivity index (χ1n) is 7.23. The van der Waals surface area contributed by atoms with Gasteiger partial charge in [0.2, 0.25) is 5.91 Å². The fraction of sp³-hybridized carbons (Fsp3) is 0.562. The molecular weight excluding hydrogens is 257 g/mol. The number of benzene rings is 1. The summed E-state index contributed by atoms with van der Waals surface area (Å²) in [6.45, 7) is 3.76. The largest absolute Gasteiger partial charge is 0.392 e. The van der Waals surface area contributed by atoms with Crippen LogP contribution in [0.1, 0.15) is 50.3 Å². The highest BCUT2D eigenvalue weighted by atomic mass is 19.1. The summed E-state index contributed by atoms with van der Waals surface area (Å²) < 4.78 is 13.4. The fourth-order valence-corrected chi connectivity index (χ4v) is 2.60. The molecule has 1 amide bonds. The summed E-state index contributed by atoms with van der Waals surface area (Å²) in [4.78, 5) is 12.0. The zero-order valence-corrected chi connectivity index (χ0v) is 12.0. The van der Waals surface area contributed by atoms with Gasteiger partial charge in [0.05, 0.1) is 18.6 Å². The van der Waals surface area contributed by atoms with Crippen LogP contribution in [-0.2, 0) is 11.2 Å². The average molecular weight is 279 g/mol. The molecule has 0 unspecified atom stereocenters. The van der Waals surface area contributed by atoms with E-state index in [9.17, 15) is 14.3 Å². The van der Waals surface area contributed by atoms with E-state index in [-0.39, 0.29) is 30.1 Å². The molecule has 1 aromatic rings. The predicted molar refractivity (Wildman–Crippen MR) is 75.7 cm³/mol. The molecule has 0 bridgehead atoms. The predicted octanol–water partition coefficient (Wildman–Crippen LogP) is 2.73. The molecule has 20 heavy (non-hydrogen) atoms. The van der Waals surface area contributed by atoms with Crippen LogP contribution >= 0.6 is 0 Å². The molecule has 2 N–H and O–H groups in total. The second-order valence-electron chi connectivity index (χ2n) is 5.87. The molecule has 0 heterocycles. The van der Waals surface area contributed by atoms with Gasteiger partial charge < -0.3 is 10.4 Å². The number of amides is 1. The van der Waals surface area contributed by atoms with Crippen LogP contribution in [-0.4, -0.2) is 17.1 Å².